The summed E-state index contributed by atoms with van der Waals surface area (Å²) >= 11 is 1.67. The van der Waals surface area contributed by atoms with Crippen LogP contribution in [-0.4, -0.2) is 21.5 Å². The van der Waals surface area contributed by atoms with Crippen molar-refractivity contribution in [2.24, 2.45) is 0 Å². The zero-order valence-corrected chi connectivity index (χ0v) is 13.7. The van der Waals surface area contributed by atoms with E-state index in [0.29, 0.717) is 0 Å². The van der Waals surface area contributed by atoms with Gasteiger partial charge in [-0.3, -0.25) is 0 Å². The van der Waals surface area contributed by atoms with Crippen LogP contribution in [0, 0.1) is 0 Å². The van der Waals surface area contributed by atoms with Gasteiger partial charge in [0.25, 0.3) is 0 Å². The van der Waals surface area contributed by atoms with Crippen molar-refractivity contribution in [3.05, 3.63) is 28.5 Å². The molecule has 114 valence electrons. The van der Waals surface area contributed by atoms with E-state index < -0.39 is 0 Å². The summed E-state index contributed by atoms with van der Waals surface area (Å²) < 4.78 is 0. The van der Waals surface area contributed by atoms with Gasteiger partial charge in [0.2, 0.25) is 0 Å². The molecule has 0 saturated heterocycles. The fourth-order valence-corrected chi connectivity index (χ4v) is 2.77. The van der Waals surface area contributed by atoms with Crippen molar-refractivity contribution in [2.75, 3.05) is 17.2 Å². The molecule has 2 rings (SSSR count). The summed E-state index contributed by atoms with van der Waals surface area (Å²) in [7, 11) is 0. The molecule has 0 aliphatic carbocycles. The van der Waals surface area contributed by atoms with E-state index in [4.69, 9.17) is 0 Å². The Morgan fingerprint density at radius 2 is 2.00 bits per heavy atom. The maximum Gasteiger partial charge on any atom is 0.132 e. The van der Waals surface area contributed by atoms with Gasteiger partial charge in [-0.1, -0.05) is 20.8 Å². The molecule has 1 unspecified atom stereocenters. The molecule has 0 aromatic carbocycles. The summed E-state index contributed by atoms with van der Waals surface area (Å²) in [4.78, 5) is 13.5. The lowest BCUT2D eigenvalue weighted by molar-refractivity contribution is 0.734. The Morgan fingerprint density at radius 1 is 1.19 bits per heavy atom. The second-order valence-electron chi connectivity index (χ2n) is 4.81. The van der Waals surface area contributed by atoms with Crippen LogP contribution in [0.2, 0.25) is 0 Å². The lowest BCUT2D eigenvalue weighted by Crippen LogP contribution is -2.13. The van der Waals surface area contributed by atoms with E-state index in [1.54, 1.807) is 11.3 Å². The fraction of sp³-hybridized carbons (Fsp3) is 0.533. The van der Waals surface area contributed by atoms with E-state index in [1.807, 2.05) is 17.6 Å². The predicted octanol–water partition coefficient (Wildman–Crippen LogP) is 3.88. The van der Waals surface area contributed by atoms with Crippen molar-refractivity contribution in [1.82, 2.24) is 15.0 Å². The maximum atomic E-state index is 4.57. The number of hydrogen-bond acceptors (Lipinski definition) is 6. The molecule has 2 N–H and O–H groups in total. The number of nitrogens with one attached hydrogen (secondary N) is 2. The van der Waals surface area contributed by atoms with Crippen molar-refractivity contribution >= 4 is 23.0 Å². The zero-order chi connectivity index (χ0) is 15.1. The quantitative estimate of drug-likeness (QED) is 0.775. The highest BCUT2D eigenvalue weighted by molar-refractivity contribution is 7.09. The lowest BCUT2D eigenvalue weighted by atomic mass is 10.2. The van der Waals surface area contributed by atoms with E-state index in [2.05, 4.69) is 46.4 Å². The van der Waals surface area contributed by atoms with Gasteiger partial charge >= 0.3 is 0 Å². The molecule has 1 atom stereocenters. The summed E-state index contributed by atoms with van der Waals surface area (Å²) in [6, 6.07) is 2.18. The van der Waals surface area contributed by atoms with Crippen LogP contribution >= 0.6 is 11.3 Å². The first-order valence-corrected chi connectivity index (χ1v) is 8.42. The Hall–Kier alpha value is -1.69. The van der Waals surface area contributed by atoms with E-state index >= 15 is 0 Å². The molecular formula is C15H23N5S. The molecular weight excluding hydrogens is 282 g/mol. The van der Waals surface area contributed by atoms with Crippen LogP contribution < -0.4 is 10.6 Å². The molecule has 0 fully saturated rings. The number of anilines is 2. The Kier molecular flexibility index (Phi) is 5.92. The van der Waals surface area contributed by atoms with Crippen LogP contribution in [0.25, 0.3) is 0 Å². The van der Waals surface area contributed by atoms with E-state index in [9.17, 15) is 0 Å². The first kappa shape index (κ1) is 15.7. The Labute approximate surface area is 130 Å². The van der Waals surface area contributed by atoms with Gasteiger partial charge in [0.15, 0.2) is 0 Å². The molecule has 0 aliphatic heterocycles. The monoisotopic (exact) mass is 305 g/mol. The second-order valence-corrected chi connectivity index (χ2v) is 5.74. The highest BCUT2D eigenvalue weighted by Crippen LogP contribution is 2.24. The van der Waals surface area contributed by atoms with Gasteiger partial charge in [-0.05, 0) is 12.8 Å². The van der Waals surface area contributed by atoms with Gasteiger partial charge in [-0.2, -0.15) is 0 Å². The van der Waals surface area contributed by atoms with Crippen molar-refractivity contribution in [1.29, 1.82) is 0 Å². The topological polar surface area (TPSA) is 62.7 Å². The minimum Gasteiger partial charge on any atom is -0.370 e. The first-order chi connectivity index (χ1) is 10.3. The number of hydrogen-bond donors (Lipinski definition) is 2. The highest BCUT2D eigenvalue weighted by Gasteiger charge is 2.13. The standard InChI is InChI=1S/C15H23N5S/c1-4-7-16-13-10-14(20-12(6-3)19-13)18-11(5-2)15-17-8-9-21-15/h8-11H,4-7H2,1-3H3,(H2,16,18,19,20). The third-order valence-corrected chi connectivity index (χ3v) is 4.01. The molecule has 0 radical (unpaired) electrons. The minimum absolute atomic E-state index is 0.198. The van der Waals surface area contributed by atoms with Crippen molar-refractivity contribution in [3.63, 3.8) is 0 Å². The minimum atomic E-state index is 0.198. The molecule has 21 heavy (non-hydrogen) atoms. The Bertz CT molecular complexity index is 541. The number of nitrogens with zero attached hydrogens (tertiary/aromatic N) is 3. The number of aromatic nitrogens is 3. The molecule has 2 aromatic rings. The molecule has 0 bridgehead atoms. The highest BCUT2D eigenvalue weighted by atomic mass is 32.1. The normalized spacial score (nSPS) is 12.1. The van der Waals surface area contributed by atoms with E-state index in [-0.39, 0.29) is 6.04 Å². The SMILES string of the molecule is CCCNc1cc(NC(CC)c2nccs2)nc(CC)n1. The molecule has 2 aromatic heterocycles. The largest absolute Gasteiger partial charge is 0.370 e. The summed E-state index contributed by atoms with van der Waals surface area (Å²) in [5, 5.41) is 9.91. The van der Waals surface area contributed by atoms with Crippen LogP contribution in [0.5, 0.6) is 0 Å². The van der Waals surface area contributed by atoms with Gasteiger partial charge in [0.05, 0.1) is 6.04 Å². The number of aryl methyl sites for hydroxylation is 1. The molecule has 0 amide bonds. The fourth-order valence-electron chi connectivity index (χ4n) is 2.00. The molecule has 2 heterocycles. The second kappa shape index (κ2) is 7.93. The van der Waals surface area contributed by atoms with Crippen molar-refractivity contribution in [2.45, 2.75) is 46.1 Å². The lowest BCUT2D eigenvalue weighted by Gasteiger charge is -2.16. The maximum absolute atomic E-state index is 4.57. The van der Waals surface area contributed by atoms with Gasteiger partial charge in [0.1, 0.15) is 22.5 Å². The van der Waals surface area contributed by atoms with E-state index in [0.717, 1.165) is 48.3 Å². The summed E-state index contributed by atoms with van der Waals surface area (Å²) in [6.07, 6.45) is 4.71. The predicted molar refractivity (Wildman–Crippen MR) is 89.0 cm³/mol. The molecule has 0 aliphatic rings. The average molecular weight is 305 g/mol. The smallest absolute Gasteiger partial charge is 0.132 e. The molecule has 6 heteroatoms. The van der Waals surface area contributed by atoms with Crippen LogP contribution in [-0.2, 0) is 6.42 Å². The van der Waals surface area contributed by atoms with Crippen LogP contribution in [0.4, 0.5) is 11.6 Å². The Morgan fingerprint density at radius 3 is 2.62 bits per heavy atom. The third kappa shape index (κ3) is 4.39. The molecule has 0 saturated carbocycles. The van der Waals surface area contributed by atoms with Crippen LogP contribution in [0.1, 0.15) is 50.5 Å². The zero-order valence-electron chi connectivity index (χ0n) is 12.9. The molecule has 0 spiro atoms. The third-order valence-electron chi connectivity index (χ3n) is 3.12. The summed E-state index contributed by atoms with van der Waals surface area (Å²) in [5.41, 5.74) is 0. The average Bonchev–Trinajstić information content (AvgIpc) is 3.04. The number of rotatable bonds is 8. The van der Waals surface area contributed by atoms with Crippen molar-refractivity contribution < 1.29 is 0 Å². The molecule has 5 nitrogen and oxygen atoms in total. The first-order valence-electron chi connectivity index (χ1n) is 7.54. The van der Waals surface area contributed by atoms with Crippen LogP contribution in [0.15, 0.2) is 17.6 Å². The van der Waals surface area contributed by atoms with E-state index in [1.165, 1.54) is 0 Å². The number of thiazole rings is 1. The van der Waals surface area contributed by atoms with Gasteiger partial charge in [0, 0.05) is 30.6 Å². The Balaban J connectivity index is 2.17. The van der Waals surface area contributed by atoms with Crippen LogP contribution in [0.3, 0.4) is 0 Å². The van der Waals surface area contributed by atoms with Gasteiger partial charge < -0.3 is 10.6 Å². The van der Waals surface area contributed by atoms with Gasteiger partial charge in [-0.15, -0.1) is 11.3 Å². The summed E-state index contributed by atoms with van der Waals surface area (Å²) in [5.74, 6) is 2.61. The summed E-state index contributed by atoms with van der Waals surface area (Å²) in [6.45, 7) is 7.28. The van der Waals surface area contributed by atoms with Gasteiger partial charge in [-0.25, -0.2) is 15.0 Å². The van der Waals surface area contributed by atoms with Crippen molar-refractivity contribution in [3.8, 4) is 0 Å².